The molecule has 0 spiro atoms. The maximum Gasteiger partial charge on any atom is 0.264 e. The van der Waals surface area contributed by atoms with Crippen LogP contribution in [0.5, 0.6) is 17.2 Å². The van der Waals surface area contributed by atoms with Crippen LogP contribution < -0.4 is 20.1 Å². The molecule has 7 aromatic rings. The van der Waals surface area contributed by atoms with E-state index in [0.29, 0.717) is 64.6 Å². The number of benzene rings is 7. The van der Waals surface area contributed by atoms with Crippen LogP contribution in [0.25, 0.3) is 21.5 Å². The number of fused-ring (bicyclic) bond motifs is 2. The van der Waals surface area contributed by atoms with Crippen LogP contribution in [-0.2, 0) is 10.1 Å². The average molecular weight is 809 g/mol. The lowest BCUT2D eigenvalue weighted by Gasteiger charge is -2.11. The number of nitrogens with one attached hydrogen (secondary N) is 2. The van der Waals surface area contributed by atoms with Crippen LogP contribution in [0.15, 0.2) is 154 Å². The van der Waals surface area contributed by atoms with Crippen LogP contribution in [0.1, 0.15) is 28.8 Å². The molecule has 0 unspecified atom stereocenters. The molecule has 0 aliphatic heterocycles. The SMILES string of the molecule is COc1ccc(Nc2ccc3c(O)c(N=Nc4ccc(N=Nc5ccc(C(=O)Nc6ccc7c(OCCCCS(=O)(=O)O)cccc7c6)cc5C)cc4)ccc3c2)cc1. The van der Waals surface area contributed by atoms with Gasteiger partial charge in [0.25, 0.3) is 16.0 Å². The van der Waals surface area contributed by atoms with Crippen molar-refractivity contribution in [2.24, 2.45) is 20.5 Å². The van der Waals surface area contributed by atoms with Gasteiger partial charge < -0.3 is 25.2 Å². The van der Waals surface area contributed by atoms with Crippen LogP contribution in [0.2, 0.25) is 0 Å². The molecule has 0 aliphatic rings. The highest BCUT2D eigenvalue weighted by molar-refractivity contribution is 7.85. The third kappa shape index (κ3) is 10.4. The Kier molecular flexibility index (Phi) is 12.2. The summed E-state index contributed by atoms with van der Waals surface area (Å²) in [7, 11) is -2.36. The highest BCUT2D eigenvalue weighted by atomic mass is 32.2. The lowest BCUT2D eigenvalue weighted by atomic mass is 10.1. The summed E-state index contributed by atoms with van der Waals surface area (Å²) in [5.41, 5.74) is 5.74. The fraction of sp³-hybridized carbons (Fsp3) is 0.133. The number of hydrogen-bond donors (Lipinski definition) is 4. The molecule has 0 bridgehead atoms. The predicted octanol–water partition coefficient (Wildman–Crippen LogP) is 11.9. The number of unbranched alkanes of at least 4 members (excludes halogenated alkanes) is 1. The van der Waals surface area contributed by atoms with Gasteiger partial charge >= 0.3 is 0 Å². The van der Waals surface area contributed by atoms with Gasteiger partial charge in [-0.2, -0.15) is 23.8 Å². The Hall–Kier alpha value is -7.16. The number of carbonyl (C=O) groups excluding carboxylic acids is 1. The molecule has 0 radical (unpaired) electrons. The zero-order chi connectivity index (χ0) is 41.4. The van der Waals surface area contributed by atoms with E-state index in [1.54, 1.807) is 61.7 Å². The van der Waals surface area contributed by atoms with Crippen molar-refractivity contribution < 1.29 is 32.3 Å². The lowest BCUT2D eigenvalue weighted by molar-refractivity contribution is 0.102. The van der Waals surface area contributed by atoms with Gasteiger partial charge in [0.15, 0.2) is 5.75 Å². The Bertz CT molecular complexity index is 2810. The van der Waals surface area contributed by atoms with E-state index in [1.165, 1.54) is 0 Å². The normalized spacial score (nSPS) is 11.7. The number of hydrogen-bond acceptors (Lipinski definition) is 11. The Balaban J connectivity index is 0.936. The first-order valence-corrected chi connectivity index (χ1v) is 20.3. The zero-order valence-electron chi connectivity index (χ0n) is 32.2. The van der Waals surface area contributed by atoms with Gasteiger partial charge in [0, 0.05) is 33.4 Å². The quantitative estimate of drug-likeness (QED) is 0.0448. The molecule has 59 heavy (non-hydrogen) atoms. The molecule has 7 aromatic carbocycles. The van der Waals surface area contributed by atoms with Crippen LogP contribution in [0, 0.1) is 6.92 Å². The van der Waals surface area contributed by atoms with E-state index in [-0.39, 0.29) is 17.4 Å². The van der Waals surface area contributed by atoms with E-state index in [1.807, 2.05) is 85.8 Å². The number of ether oxygens (including phenoxy) is 2. The largest absolute Gasteiger partial charge is 0.505 e. The van der Waals surface area contributed by atoms with E-state index in [0.717, 1.165) is 38.8 Å². The van der Waals surface area contributed by atoms with Crippen molar-refractivity contribution in [1.29, 1.82) is 0 Å². The molecule has 4 N–H and O–H groups in total. The van der Waals surface area contributed by atoms with Gasteiger partial charge in [-0.05, 0) is 151 Å². The Morgan fingerprint density at radius 1 is 0.678 bits per heavy atom. The zero-order valence-corrected chi connectivity index (χ0v) is 33.0. The summed E-state index contributed by atoms with van der Waals surface area (Å²) in [4.78, 5) is 13.2. The molecule has 13 nitrogen and oxygen atoms in total. The number of azo groups is 2. The van der Waals surface area contributed by atoms with Crippen LogP contribution >= 0.6 is 0 Å². The monoisotopic (exact) mass is 808 g/mol. The maximum atomic E-state index is 13.2. The van der Waals surface area contributed by atoms with E-state index in [9.17, 15) is 18.3 Å². The van der Waals surface area contributed by atoms with Gasteiger partial charge in [0.1, 0.15) is 17.2 Å². The van der Waals surface area contributed by atoms with Crippen molar-refractivity contribution in [2.45, 2.75) is 19.8 Å². The van der Waals surface area contributed by atoms with Gasteiger partial charge in [-0.15, -0.1) is 5.11 Å². The highest BCUT2D eigenvalue weighted by Crippen LogP contribution is 2.37. The molecule has 0 saturated carbocycles. The maximum absolute atomic E-state index is 13.2. The summed E-state index contributed by atoms with van der Waals surface area (Å²) in [5, 5.41) is 37.8. The standard InChI is InChI=1S/C45H40N6O7S/c1-29-26-32(45(53)47-37-16-20-39-30(27-37)6-5-7-43(39)58-24-3-4-25-59(54,55)56)9-22-41(29)50-48-34-10-12-35(13-11-34)49-51-42-23-8-31-28-36(17-21-40(31)44(42)52)46-33-14-18-38(57-2)19-15-33/h5-23,26-28,46,52H,3-4,24-25H2,1-2H3,(H,47,53)(H,54,55,56). The van der Waals surface area contributed by atoms with Crippen LogP contribution in [0.4, 0.5) is 39.8 Å². The molecule has 0 saturated heterocycles. The second-order valence-electron chi connectivity index (χ2n) is 13.6. The molecule has 0 aliphatic carbocycles. The van der Waals surface area contributed by atoms with Gasteiger partial charge in [-0.25, -0.2) is 0 Å². The number of amides is 1. The molecular weight excluding hydrogens is 769 g/mol. The van der Waals surface area contributed by atoms with Gasteiger partial charge in [0.2, 0.25) is 0 Å². The number of anilines is 3. The molecule has 14 heteroatoms. The van der Waals surface area contributed by atoms with Crippen molar-refractivity contribution in [2.75, 3.05) is 30.1 Å². The summed E-state index contributed by atoms with van der Waals surface area (Å²) in [6.07, 6.45) is 0.766. The van der Waals surface area contributed by atoms with Crippen LogP contribution in [0.3, 0.4) is 0 Å². The van der Waals surface area contributed by atoms with Crippen LogP contribution in [-0.4, -0.2) is 43.5 Å². The molecular formula is C45H40N6O7S. The average Bonchev–Trinajstić information content (AvgIpc) is 3.23. The second kappa shape index (κ2) is 18.0. The summed E-state index contributed by atoms with van der Waals surface area (Å²) in [6, 6.07) is 40.2. The van der Waals surface area contributed by atoms with Gasteiger partial charge in [-0.1, -0.05) is 18.2 Å². The number of rotatable bonds is 15. The molecule has 0 fully saturated rings. The summed E-state index contributed by atoms with van der Waals surface area (Å²) in [6.45, 7) is 2.16. The van der Waals surface area contributed by atoms with E-state index >= 15 is 0 Å². The summed E-state index contributed by atoms with van der Waals surface area (Å²) >= 11 is 0. The van der Waals surface area contributed by atoms with E-state index in [2.05, 4.69) is 31.1 Å². The molecule has 0 heterocycles. The lowest BCUT2D eigenvalue weighted by Crippen LogP contribution is -2.12. The first kappa shape index (κ1) is 40.1. The molecule has 298 valence electrons. The predicted molar refractivity (Wildman–Crippen MR) is 231 cm³/mol. The number of methoxy groups -OCH3 is 1. The third-order valence-electron chi connectivity index (χ3n) is 9.36. The van der Waals surface area contributed by atoms with Crippen molar-refractivity contribution in [3.63, 3.8) is 0 Å². The highest BCUT2D eigenvalue weighted by Gasteiger charge is 2.12. The number of nitrogens with zero attached hydrogens (tertiary/aromatic N) is 4. The van der Waals surface area contributed by atoms with E-state index in [4.69, 9.17) is 14.0 Å². The Morgan fingerprint density at radius 2 is 1.32 bits per heavy atom. The fourth-order valence-corrected chi connectivity index (χ4v) is 6.82. The Morgan fingerprint density at radius 3 is 2.03 bits per heavy atom. The second-order valence-corrected chi connectivity index (χ2v) is 15.2. The molecule has 0 aromatic heterocycles. The molecule has 7 rings (SSSR count). The summed E-state index contributed by atoms with van der Waals surface area (Å²) in [5.74, 6) is 0.870. The van der Waals surface area contributed by atoms with Crippen molar-refractivity contribution in [3.05, 3.63) is 145 Å². The number of phenolic OH excluding ortho intramolecular Hbond substituents is 1. The van der Waals surface area contributed by atoms with Gasteiger partial charge in [0.05, 0.1) is 36.5 Å². The van der Waals surface area contributed by atoms with Crippen molar-refractivity contribution >= 4 is 77.4 Å². The van der Waals surface area contributed by atoms with E-state index < -0.39 is 10.1 Å². The topological polar surface area (TPSA) is 184 Å². The number of phenols is 1. The number of carbonyl (C=O) groups is 1. The first-order chi connectivity index (χ1) is 28.5. The number of aromatic hydroxyl groups is 1. The van der Waals surface area contributed by atoms with Gasteiger partial charge in [-0.3, -0.25) is 9.35 Å². The van der Waals surface area contributed by atoms with Crippen molar-refractivity contribution in [1.82, 2.24) is 0 Å². The number of aryl methyl sites for hydroxylation is 1. The minimum Gasteiger partial charge on any atom is -0.505 e. The Labute approximate surface area is 340 Å². The van der Waals surface area contributed by atoms with Crippen molar-refractivity contribution in [3.8, 4) is 17.2 Å². The fourth-order valence-electron chi connectivity index (χ4n) is 6.25. The minimum atomic E-state index is -3.99. The summed E-state index contributed by atoms with van der Waals surface area (Å²) < 4.78 is 41.8. The first-order valence-electron chi connectivity index (χ1n) is 18.6. The molecule has 0 atom stereocenters. The molecule has 1 amide bonds. The smallest absolute Gasteiger partial charge is 0.264 e. The third-order valence-corrected chi connectivity index (χ3v) is 10.2. The minimum absolute atomic E-state index is 0.0357.